The van der Waals surface area contributed by atoms with Crippen LogP contribution >= 0.6 is 0 Å². The lowest BCUT2D eigenvalue weighted by atomic mass is 10.0. The Labute approximate surface area is 206 Å². The molecule has 1 atom stereocenters. The Kier molecular flexibility index (Phi) is 9.04. The zero-order valence-corrected chi connectivity index (χ0v) is 20.7. The Bertz CT molecular complexity index is 1140. The van der Waals surface area contributed by atoms with Gasteiger partial charge in [0.25, 0.3) is 5.91 Å². The topological polar surface area (TPSA) is 84.9 Å². The van der Waals surface area contributed by atoms with Gasteiger partial charge in [-0.3, -0.25) is 4.79 Å². The Morgan fingerprint density at radius 2 is 1.51 bits per heavy atom. The minimum atomic E-state index is -1.01. The van der Waals surface area contributed by atoms with Crippen LogP contribution in [0.4, 0.5) is 0 Å². The number of aliphatic carboxylic acids is 1. The largest absolute Gasteiger partial charge is 0.496 e. The Morgan fingerprint density at radius 1 is 0.914 bits per heavy atom. The molecule has 0 saturated carbocycles. The Balaban J connectivity index is 1.68. The van der Waals surface area contributed by atoms with Crippen LogP contribution in [0.5, 0.6) is 5.75 Å². The van der Waals surface area contributed by atoms with Crippen molar-refractivity contribution < 1.29 is 24.2 Å². The maximum absolute atomic E-state index is 12.8. The molecule has 1 unspecified atom stereocenters. The van der Waals surface area contributed by atoms with Gasteiger partial charge in [-0.05, 0) is 60.7 Å². The smallest absolute Gasteiger partial charge is 0.333 e. The summed E-state index contributed by atoms with van der Waals surface area (Å²) in [7, 11) is 1.56. The number of amides is 1. The molecule has 0 heterocycles. The van der Waals surface area contributed by atoms with E-state index in [1.807, 2.05) is 36.4 Å². The van der Waals surface area contributed by atoms with Crippen molar-refractivity contribution >= 4 is 11.9 Å². The van der Waals surface area contributed by atoms with Gasteiger partial charge in [0.15, 0.2) is 6.10 Å². The van der Waals surface area contributed by atoms with Crippen LogP contribution in [0.1, 0.15) is 47.8 Å². The van der Waals surface area contributed by atoms with Gasteiger partial charge in [0.05, 0.1) is 13.2 Å². The standard InChI is InChI=1S/C29H33NO5/c1-5-20-6-9-22(10-7-20)23-11-13-24(14-12-23)28(31)30-18-25-16-21(8-15-26(25)34-4)17-27(29(32)33)35-19(2)3/h6-16,19,27H,5,17-18H2,1-4H3,(H,30,31)(H,32,33). The van der Waals surface area contributed by atoms with E-state index in [1.54, 1.807) is 27.0 Å². The average Bonchev–Trinajstić information content (AvgIpc) is 2.86. The molecular formula is C29H33NO5. The molecule has 0 saturated heterocycles. The fourth-order valence-electron chi connectivity index (χ4n) is 3.86. The predicted molar refractivity (Wildman–Crippen MR) is 137 cm³/mol. The number of carbonyl (C=O) groups excluding carboxylic acids is 1. The van der Waals surface area contributed by atoms with Crippen molar-refractivity contribution in [1.82, 2.24) is 5.32 Å². The first kappa shape index (κ1) is 26.0. The number of nitrogens with one attached hydrogen (secondary N) is 1. The van der Waals surface area contributed by atoms with Crippen molar-refractivity contribution in [3.05, 3.63) is 89.0 Å². The van der Waals surface area contributed by atoms with Gasteiger partial charge in [-0.1, -0.05) is 55.5 Å². The van der Waals surface area contributed by atoms with Crippen molar-refractivity contribution in [2.75, 3.05) is 7.11 Å². The van der Waals surface area contributed by atoms with Crippen LogP contribution in [0.2, 0.25) is 0 Å². The Hall–Kier alpha value is -3.64. The van der Waals surface area contributed by atoms with E-state index in [0.29, 0.717) is 11.3 Å². The second-order valence-electron chi connectivity index (χ2n) is 8.67. The molecule has 6 nitrogen and oxygen atoms in total. The molecule has 0 fully saturated rings. The number of carbonyl (C=O) groups is 2. The molecule has 0 aliphatic carbocycles. The number of hydrogen-bond donors (Lipinski definition) is 2. The molecule has 3 aromatic carbocycles. The summed E-state index contributed by atoms with van der Waals surface area (Å²) in [6, 6.07) is 21.4. The van der Waals surface area contributed by atoms with Crippen LogP contribution < -0.4 is 10.1 Å². The van der Waals surface area contributed by atoms with Gasteiger partial charge in [-0.2, -0.15) is 0 Å². The second-order valence-corrected chi connectivity index (χ2v) is 8.67. The van der Waals surface area contributed by atoms with Gasteiger partial charge in [0, 0.05) is 24.1 Å². The number of carboxylic acid groups (broad SMARTS) is 1. The van der Waals surface area contributed by atoms with E-state index in [-0.39, 0.29) is 25.0 Å². The average molecular weight is 476 g/mol. The minimum Gasteiger partial charge on any atom is -0.496 e. The summed E-state index contributed by atoms with van der Waals surface area (Å²) in [4.78, 5) is 24.3. The number of ether oxygens (including phenoxy) is 2. The first-order valence-electron chi connectivity index (χ1n) is 11.8. The molecule has 35 heavy (non-hydrogen) atoms. The first-order chi connectivity index (χ1) is 16.8. The van der Waals surface area contributed by atoms with Gasteiger partial charge in [0.1, 0.15) is 5.75 Å². The number of rotatable bonds is 11. The van der Waals surface area contributed by atoms with Crippen molar-refractivity contribution in [2.24, 2.45) is 0 Å². The van der Waals surface area contributed by atoms with Crippen molar-refractivity contribution in [3.8, 4) is 16.9 Å². The third-order valence-corrected chi connectivity index (χ3v) is 5.76. The first-order valence-corrected chi connectivity index (χ1v) is 11.8. The normalized spacial score (nSPS) is 11.8. The third-order valence-electron chi connectivity index (χ3n) is 5.76. The van der Waals surface area contributed by atoms with Crippen LogP contribution in [0.15, 0.2) is 66.7 Å². The highest BCUT2D eigenvalue weighted by molar-refractivity contribution is 5.94. The van der Waals surface area contributed by atoms with Crippen LogP contribution in [0.3, 0.4) is 0 Å². The number of carboxylic acids is 1. The maximum atomic E-state index is 12.8. The summed E-state index contributed by atoms with van der Waals surface area (Å²) in [6.07, 6.45) is 0.0793. The van der Waals surface area contributed by atoms with Gasteiger partial charge in [0.2, 0.25) is 0 Å². The number of benzene rings is 3. The van der Waals surface area contributed by atoms with E-state index >= 15 is 0 Å². The van der Waals surface area contributed by atoms with Crippen LogP contribution in [-0.4, -0.2) is 36.3 Å². The Morgan fingerprint density at radius 3 is 2.06 bits per heavy atom. The van der Waals surface area contributed by atoms with Crippen LogP contribution in [-0.2, 0) is 28.9 Å². The highest BCUT2D eigenvalue weighted by Crippen LogP contribution is 2.23. The van der Waals surface area contributed by atoms with Crippen molar-refractivity contribution in [2.45, 2.75) is 52.4 Å². The van der Waals surface area contributed by atoms with E-state index in [1.165, 1.54) is 5.56 Å². The highest BCUT2D eigenvalue weighted by atomic mass is 16.5. The third kappa shape index (κ3) is 7.17. The fourth-order valence-corrected chi connectivity index (χ4v) is 3.86. The lowest BCUT2D eigenvalue weighted by molar-refractivity contribution is -0.153. The maximum Gasteiger partial charge on any atom is 0.333 e. The molecule has 6 heteroatoms. The molecule has 0 bridgehead atoms. The van der Waals surface area contributed by atoms with E-state index in [4.69, 9.17) is 9.47 Å². The van der Waals surface area contributed by atoms with Crippen molar-refractivity contribution in [3.63, 3.8) is 0 Å². The highest BCUT2D eigenvalue weighted by Gasteiger charge is 2.21. The zero-order valence-electron chi connectivity index (χ0n) is 20.7. The molecule has 184 valence electrons. The van der Waals surface area contributed by atoms with Gasteiger partial charge >= 0.3 is 5.97 Å². The van der Waals surface area contributed by atoms with E-state index < -0.39 is 12.1 Å². The van der Waals surface area contributed by atoms with E-state index in [9.17, 15) is 14.7 Å². The quantitative estimate of drug-likeness (QED) is 0.394. The summed E-state index contributed by atoms with van der Waals surface area (Å²) in [5.41, 5.74) is 5.56. The molecule has 0 aliphatic heterocycles. The summed E-state index contributed by atoms with van der Waals surface area (Å²) in [5, 5.41) is 12.4. The van der Waals surface area contributed by atoms with E-state index in [2.05, 4.69) is 36.5 Å². The minimum absolute atomic E-state index is 0.197. The number of methoxy groups -OCH3 is 1. The molecular weight excluding hydrogens is 442 g/mol. The zero-order chi connectivity index (χ0) is 25.4. The molecule has 0 aliphatic rings. The number of hydrogen-bond acceptors (Lipinski definition) is 4. The molecule has 1 amide bonds. The fraction of sp³-hybridized carbons (Fsp3) is 0.310. The van der Waals surface area contributed by atoms with Gasteiger partial charge in [-0.15, -0.1) is 0 Å². The van der Waals surface area contributed by atoms with Crippen LogP contribution in [0, 0.1) is 0 Å². The molecule has 2 N–H and O–H groups in total. The lowest BCUT2D eigenvalue weighted by Crippen LogP contribution is -2.29. The predicted octanol–water partition coefficient (Wildman–Crippen LogP) is 5.28. The molecule has 0 radical (unpaired) electrons. The SMILES string of the molecule is CCc1ccc(-c2ccc(C(=O)NCc3cc(CC(OC(C)C)C(=O)O)ccc3OC)cc2)cc1. The van der Waals surface area contributed by atoms with Crippen LogP contribution in [0.25, 0.3) is 11.1 Å². The summed E-state index contributed by atoms with van der Waals surface area (Å²) in [5.74, 6) is -0.581. The van der Waals surface area contributed by atoms with Crippen molar-refractivity contribution in [1.29, 1.82) is 0 Å². The lowest BCUT2D eigenvalue weighted by Gasteiger charge is -2.18. The van der Waals surface area contributed by atoms with E-state index in [0.717, 1.165) is 28.7 Å². The summed E-state index contributed by atoms with van der Waals surface area (Å²) < 4.78 is 11.0. The van der Waals surface area contributed by atoms with Gasteiger partial charge < -0.3 is 19.9 Å². The van der Waals surface area contributed by atoms with Gasteiger partial charge in [-0.25, -0.2) is 4.79 Å². The second kappa shape index (κ2) is 12.2. The number of aryl methyl sites for hydroxylation is 1. The summed E-state index contributed by atoms with van der Waals surface area (Å²) >= 11 is 0. The monoisotopic (exact) mass is 475 g/mol. The summed E-state index contributed by atoms with van der Waals surface area (Å²) in [6.45, 7) is 5.99. The molecule has 0 spiro atoms. The molecule has 3 aromatic rings. The molecule has 0 aromatic heterocycles. The molecule has 3 rings (SSSR count).